The van der Waals surface area contributed by atoms with Gasteiger partial charge in [0.1, 0.15) is 10.6 Å². The van der Waals surface area contributed by atoms with E-state index in [1.807, 2.05) is 11.6 Å². The van der Waals surface area contributed by atoms with E-state index in [1.165, 1.54) is 10.7 Å². The van der Waals surface area contributed by atoms with Crippen LogP contribution in [0.5, 0.6) is 0 Å². The molecule has 0 spiro atoms. The molecular weight excluding hydrogens is 322 g/mol. The van der Waals surface area contributed by atoms with Crippen LogP contribution in [0.25, 0.3) is 21.2 Å². The molecule has 0 aliphatic carbocycles. The predicted octanol–water partition coefficient (Wildman–Crippen LogP) is 3.48. The molecule has 0 radical (unpaired) electrons. The number of aromatic nitrogens is 5. The maximum Gasteiger partial charge on any atom is 0.190 e. The van der Waals surface area contributed by atoms with Crippen molar-refractivity contribution >= 4 is 54.3 Å². The standard InChI is InChI=1S/C10H6ClN5S3/c1-16-8-4(2-5-9(16)15-19-18-5)17-10-7(14-8)12-3-6(11)13-10/h2-3,15H,1H3. The molecule has 1 aromatic rings. The highest BCUT2D eigenvalue weighted by molar-refractivity contribution is 7.66. The van der Waals surface area contributed by atoms with Crippen LogP contribution in [0, 0.1) is 10.0 Å². The van der Waals surface area contributed by atoms with Crippen molar-refractivity contribution in [3.05, 3.63) is 27.4 Å². The van der Waals surface area contributed by atoms with Crippen LogP contribution in [-0.2, 0) is 7.05 Å². The maximum atomic E-state index is 5.88. The molecule has 1 N–H and O–H groups in total. The minimum atomic E-state index is 0.391. The average molecular weight is 328 g/mol. The monoisotopic (exact) mass is 327 g/mol. The molecule has 0 saturated heterocycles. The van der Waals surface area contributed by atoms with Gasteiger partial charge >= 0.3 is 0 Å². The molecule has 4 rings (SSSR count). The second kappa shape index (κ2) is 4.14. The Morgan fingerprint density at radius 2 is 2.26 bits per heavy atom. The Labute approximate surface area is 123 Å². The van der Waals surface area contributed by atoms with Crippen molar-refractivity contribution in [2.24, 2.45) is 7.05 Å². The summed E-state index contributed by atoms with van der Waals surface area (Å²) in [5.74, 6) is 0.892. The van der Waals surface area contributed by atoms with Crippen molar-refractivity contribution in [2.75, 3.05) is 0 Å². The predicted molar refractivity (Wildman–Crippen MR) is 78.8 cm³/mol. The van der Waals surface area contributed by atoms with Gasteiger partial charge in [-0.2, -0.15) is 0 Å². The zero-order valence-electron chi connectivity index (χ0n) is 9.55. The fourth-order valence-electron chi connectivity index (χ4n) is 1.88. The highest BCUT2D eigenvalue weighted by atomic mass is 35.5. The number of H-pyrrole nitrogens is 1. The molecule has 1 aromatic heterocycles. The third kappa shape index (κ3) is 1.75. The summed E-state index contributed by atoms with van der Waals surface area (Å²) in [5.41, 5.74) is 1.69. The molecule has 0 fully saturated rings. The molecule has 96 valence electrons. The number of hydrogen-bond donors (Lipinski definition) is 1. The lowest BCUT2D eigenvalue weighted by Crippen LogP contribution is -2.04. The molecule has 9 heteroatoms. The van der Waals surface area contributed by atoms with Crippen molar-refractivity contribution in [1.82, 2.24) is 23.9 Å². The highest BCUT2D eigenvalue weighted by Gasteiger charge is 2.13. The molecule has 0 unspecified atom stereocenters. The van der Waals surface area contributed by atoms with Gasteiger partial charge in [-0.15, -0.1) is 11.3 Å². The lowest BCUT2D eigenvalue weighted by atomic mass is 10.4. The summed E-state index contributed by atoms with van der Waals surface area (Å²) in [6.07, 6.45) is 1.52. The second-order valence-corrected chi connectivity index (χ2v) is 7.30. The van der Waals surface area contributed by atoms with Gasteiger partial charge in [-0.3, -0.25) is 4.37 Å². The first-order chi connectivity index (χ1) is 9.22. The number of rotatable bonds is 0. The van der Waals surface area contributed by atoms with Crippen LogP contribution >= 0.6 is 43.8 Å². The maximum absolute atomic E-state index is 5.88. The van der Waals surface area contributed by atoms with Crippen LogP contribution in [0.1, 0.15) is 0 Å². The van der Waals surface area contributed by atoms with Crippen molar-refractivity contribution in [2.45, 2.75) is 0 Å². The lowest BCUT2D eigenvalue weighted by molar-refractivity contribution is 0.832. The van der Waals surface area contributed by atoms with Gasteiger partial charge in [0.25, 0.3) is 0 Å². The molecule has 3 aliphatic heterocycles. The summed E-state index contributed by atoms with van der Waals surface area (Å²) >= 11 is 7.43. The number of hydrogen-bond acceptors (Lipinski definition) is 6. The quantitative estimate of drug-likeness (QED) is 0.503. The fourth-order valence-corrected chi connectivity index (χ4v) is 5.09. The van der Waals surface area contributed by atoms with E-state index in [4.69, 9.17) is 11.6 Å². The number of nitrogens with one attached hydrogen (secondary N) is 1. The third-order valence-electron chi connectivity index (χ3n) is 2.75. The Kier molecular flexibility index (Phi) is 2.52. The number of fused-ring (bicyclic) bond motifs is 2. The van der Waals surface area contributed by atoms with Crippen molar-refractivity contribution in [1.29, 1.82) is 0 Å². The van der Waals surface area contributed by atoms with Gasteiger partial charge in [0.15, 0.2) is 16.3 Å². The minimum absolute atomic E-state index is 0.391. The first-order valence-corrected chi connectivity index (χ1v) is 8.65. The summed E-state index contributed by atoms with van der Waals surface area (Å²) in [7, 11) is 5.31. The van der Waals surface area contributed by atoms with E-state index >= 15 is 0 Å². The van der Waals surface area contributed by atoms with Crippen molar-refractivity contribution in [3.8, 4) is 10.7 Å². The van der Waals surface area contributed by atoms with Crippen molar-refractivity contribution in [3.63, 3.8) is 0 Å². The van der Waals surface area contributed by atoms with Crippen LogP contribution in [0.3, 0.4) is 0 Å². The topological polar surface area (TPSA) is 59.4 Å². The Balaban J connectivity index is 2.24. The van der Waals surface area contributed by atoms with E-state index in [9.17, 15) is 0 Å². The van der Waals surface area contributed by atoms with Gasteiger partial charge in [0.05, 0.1) is 15.6 Å². The molecule has 0 saturated carbocycles. The van der Waals surface area contributed by atoms with Crippen LogP contribution in [0.2, 0.25) is 5.15 Å². The first-order valence-electron chi connectivity index (χ1n) is 5.31. The van der Waals surface area contributed by atoms with Gasteiger partial charge in [0.2, 0.25) is 0 Å². The molecule has 0 atom stereocenters. The normalized spacial score (nSPS) is 11.7. The molecule has 0 aromatic carbocycles. The summed E-state index contributed by atoms with van der Waals surface area (Å²) in [5, 5.41) is 0.391. The van der Waals surface area contributed by atoms with E-state index in [0.717, 1.165) is 21.0 Å². The summed E-state index contributed by atoms with van der Waals surface area (Å²) in [6, 6.07) is 2.13. The Morgan fingerprint density at radius 1 is 1.37 bits per heavy atom. The largest absolute Gasteiger partial charge is 0.313 e. The van der Waals surface area contributed by atoms with E-state index in [1.54, 1.807) is 32.2 Å². The molecular formula is C10H6ClN5S3. The van der Waals surface area contributed by atoms with Crippen LogP contribution in [-0.4, -0.2) is 23.9 Å². The molecule has 3 aliphatic rings. The van der Waals surface area contributed by atoms with E-state index in [0.29, 0.717) is 10.8 Å². The van der Waals surface area contributed by atoms with Gasteiger partial charge in [-0.1, -0.05) is 21.9 Å². The number of halogens is 1. The highest BCUT2D eigenvalue weighted by Crippen LogP contribution is 2.30. The number of aromatic amines is 1. The van der Waals surface area contributed by atoms with Crippen molar-refractivity contribution < 1.29 is 0 Å². The molecule has 0 bridgehead atoms. The fraction of sp³-hybridized carbons (Fsp3) is 0.100. The molecule has 19 heavy (non-hydrogen) atoms. The Hall–Kier alpha value is -1.22. The second-order valence-electron chi connectivity index (χ2n) is 3.91. The van der Waals surface area contributed by atoms with E-state index < -0.39 is 0 Å². The SMILES string of the molecule is Cn1c2nc3ncc(Cl)nc3sc-2cc2ss[nH]c1=2. The molecule has 5 nitrogen and oxygen atoms in total. The van der Waals surface area contributed by atoms with Crippen LogP contribution in [0.15, 0.2) is 12.3 Å². The van der Waals surface area contributed by atoms with E-state index in [-0.39, 0.29) is 0 Å². The smallest absolute Gasteiger partial charge is 0.190 e. The zero-order chi connectivity index (χ0) is 13.0. The summed E-state index contributed by atoms with van der Waals surface area (Å²) < 4.78 is 6.51. The van der Waals surface area contributed by atoms with Gasteiger partial charge in [-0.25, -0.2) is 15.0 Å². The molecule has 0 amide bonds. The van der Waals surface area contributed by atoms with Crippen LogP contribution < -0.4 is 0 Å². The zero-order valence-corrected chi connectivity index (χ0v) is 12.8. The summed E-state index contributed by atoms with van der Waals surface area (Å²) in [6.45, 7) is 0. The Morgan fingerprint density at radius 3 is 3.16 bits per heavy atom. The third-order valence-corrected chi connectivity index (χ3v) is 5.81. The molecule has 4 heterocycles. The first kappa shape index (κ1) is 11.6. The average Bonchev–Trinajstić information content (AvgIpc) is 2.85. The number of nitrogens with zero attached hydrogens (tertiary/aromatic N) is 4. The summed E-state index contributed by atoms with van der Waals surface area (Å²) in [4.78, 5) is 14.9. The van der Waals surface area contributed by atoms with Crippen LogP contribution in [0.4, 0.5) is 0 Å². The lowest BCUT2D eigenvalue weighted by Gasteiger charge is -2.10. The van der Waals surface area contributed by atoms with E-state index in [2.05, 4.69) is 25.4 Å². The minimum Gasteiger partial charge on any atom is -0.313 e. The van der Waals surface area contributed by atoms with Gasteiger partial charge in [0, 0.05) is 7.05 Å². The van der Waals surface area contributed by atoms with Gasteiger partial charge in [-0.05, 0) is 16.6 Å². The van der Waals surface area contributed by atoms with Gasteiger partial charge < -0.3 is 4.57 Å². The Bertz CT molecular complexity index is 955.